The molecule has 0 aliphatic rings. The number of hydrogen-bond donors (Lipinski definition) is 4. The Morgan fingerprint density at radius 2 is 1.68 bits per heavy atom. The van der Waals surface area contributed by atoms with Crippen LogP contribution in [0.2, 0.25) is 0 Å². The Labute approximate surface area is 187 Å². The van der Waals surface area contributed by atoms with Crippen LogP contribution in [0.5, 0.6) is 0 Å². The molecule has 3 rings (SSSR count). The highest BCUT2D eigenvalue weighted by atomic mass is 32.2. The summed E-state index contributed by atoms with van der Waals surface area (Å²) in [6, 6.07) is 7.82. The van der Waals surface area contributed by atoms with Crippen LogP contribution in [0.4, 0.5) is 43.7 Å². The normalized spacial score (nSPS) is 12.4. The number of rotatable bonds is 7. The Balaban J connectivity index is 1.87. The second-order valence-electron chi connectivity index (χ2n) is 6.77. The first-order valence-corrected chi connectivity index (χ1v) is 10.7. The maximum atomic E-state index is 12.9. The van der Waals surface area contributed by atoms with Crippen LogP contribution in [-0.2, 0) is 16.2 Å². The molecule has 0 saturated heterocycles. The van der Waals surface area contributed by atoms with Crippen molar-refractivity contribution in [2.75, 3.05) is 15.8 Å². The molecular formula is C18H14F6N6O3S. The summed E-state index contributed by atoms with van der Waals surface area (Å²) in [5, 5.41) is 8.81. The molecule has 0 bridgehead atoms. The number of pyridine rings is 1. The zero-order valence-corrected chi connectivity index (χ0v) is 17.4. The average molecular weight is 508 g/mol. The first-order valence-electron chi connectivity index (χ1n) is 9.02. The lowest BCUT2D eigenvalue weighted by Gasteiger charge is -2.11. The van der Waals surface area contributed by atoms with Crippen molar-refractivity contribution in [3.05, 3.63) is 53.7 Å². The van der Waals surface area contributed by atoms with Crippen molar-refractivity contribution in [2.24, 2.45) is 5.73 Å². The third kappa shape index (κ3) is 6.15. The zero-order valence-electron chi connectivity index (χ0n) is 16.6. The molecule has 0 aliphatic carbocycles. The summed E-state index contributed by atoms with van der Waals surface area (Å²) in [5.74, 6) is -3.51. The first-order chi connectivity index (χ1) is 15.6. The smallest absolute Gasteiger partial charge is 0.365 e. The maximum Gasteiger partial charge on any atom is 0.433 e. The van der Waals surface area contributed by atoms with Gasteiger partial charge in [0.2, 0.25) is 10.0 Å². The number of aromatic nitrogens is 3. The molecule has 0 fully saturated rings. The molecule has 0 radical (unpaired) electrons. The van der Waals surface area contributed by atoms with E-state index in [1.807, 2.05) is 0 Å². The lowest BCUT2D eigenvalue weighted by Crippen LogP contribution is -2.27. The van der Waals surface area contributed by atoms with Crippen molar-refractivity contribution in [3.8, 4) is 11.3 Å². The van der Waals surface area contributed by atoms with Crippen molar-refractivity contribution < 1.29 is 39.6 Å². The Hall–Kier alpha value is -3.82. The van der Waals surface area contributed by atoms with Gasteiger partial charge in [-0.1, -0.05) is 18.2 Å². The number of alkyl halides is 6. The predicted octanol–water partition coefficient (Wildman–Crippen LogP) is 3.64. The van der Waals surface area contributed by atoms with Crippen LogP contribution >= 0.6 is 0 Å². The fourth-order valence-corrected chi connectivity index (χ4v) is 3.80. The van der Waals surface area contributed by atoms with E-state index in [1.165, 1.54) is 18.2 Å². The van der Waals surface area contributed by atoms with E-state index in [-0.39, 0.29) is 34.1 Å². The van der Waals surface area contributed by atoms with Crippen molar-refractivity contribution in [3.63, 3.8) is 0 Å². The van der Waals surface area contributed by atoms with Gasteiger partial charge in [-0.2, -0.15) is 31.4 Å². The number of H-pyrrole nitrogens is 1. The second-order valence-corrected chi connectivity index (χ2v) is 8.49. The molecule has 0 spiro atoms. The lowest BCUT2D eigenvalue weighted by molar-refractivity contribution is -0.141. The molecule has 1 amide bonds. The number of carbonyl (C=O) groups is 1. The van der Waals surface area contributed by atoms with Gasteiger partial charge in [-0.05, 0) is 24.3 Å². The highest BCUT2D eigenvalue weighted by Gasteiger charge is 2.35. The molecule has 1 aromatic carbocycles. The molecule has 34 heavy (non-hydrogen) atoms. The van der Waals surface area contributed by atoms with Gasteiger partial charge in [0.25, 0.3) is 5.91 Å². The maximum absolute atomic E-state index is 12.9. The van der Waals surface area contributed by atoms with Gasteiger partial charge in [-0.3, -0.25) is 14.6 Å². The van der Waals surface area contributed by atoms with Crippen molar-refractivity contribution in [2.45, 2.75) is 12.4 Å². The van der Waals surface area contributed by atoms with Gasteiger partial charge in [0.15, 0.2) is 5.75 Å². The van der Waals surface area contributed by atoms with Crippen LogP contribution in [0.3, 0.4) is 0 Å². The van der Waals surface area contributed by atoms with Gasteiger partial charge >= 0.3 is 12.4 Å². The summed E-state index contributed by atoms with van der Waals surface area (Å²) in [4.78, 5) is 15.4. The Bertz CT molecular complexity index is 1300. The zero-order chi connectivity index (χ0) is 25.3. The minimum Gasteiger partial charge on any atom is -0.365 e. The molecule has 16 heteroatoms. The fraction of sp³-hybridized carbons (Fsp3) is 0.167. The number of carbonyl (C=O) groups excluding carboxylic acids is 1. The highest BCUT2D eigenvalue weighted by molar-refractivity contribution is 7.92. The largest absolute Gasteiger partial charge is 0.433 e. The van der Waals surface area contributed by atoms with E-state index < -0.39 is 39.7 Å². The Morgan fingerprint density at radius 3 is 2.24 bits per heavy atom. The predicted molar refractivity (Wildman–Crippen MR) is 109 cm³/mol. The van der Waals surface area contributed by atoms with E-state index in [0.717, 1.165) is 24.3 Å². The minimum atomic E-state index is -4.94. The molecule has 0 unspecified atom stereocenters. The van der Waals surface area contributed by atoms with E-state index in [4.69, 9.17) is 5.73 Å². The summed E-state index contributed by atoms with van der Waals surface area (Å²) in [5.41, 5.74) is 3.93. The lowest BCUT2D eigenvalue weighted by atomic mass is 10.1. The van der Waals surface area contributed by atoms with Crippen molar-refractivity contribution >= 4 is 33.3 Å². The van der Waals surface area contributed by atoms with Gasteiger partial charge in [-0.15, -0.1) is 0 Å². The average Bonchev–Trinajstić information content (AvgIpc) is 3.09. The molecule has 0 atom stereocenters. The molecule has 9 nitrogen and oxygen atoms in total. The van der Waals surface area contributed by atoms with Crippen LogP contribution in [0, 0.1) is 0 Å². The summed E-state index contributed by atoms with van der Waals surface area (Å²) < 4.78 is 101. The standard InChI is InChI=1S/C18H14F6N6O3S/c19-17(20,21)8-34(32,33)30-10-6-4-9(5-7-10)14-13(15(25)31)16(29-28-14)27-12-3-1-2-11(26-12)18(22,23)24/h1-7,30H,8H2,(H2,25,31)(H2,26,27,28,29). The number of aromatic amines is 1. The number of primary amides is 1. The summed E-state index contributed by atoms with van der Waals surface area (Å²) in [7, 11) is -4.70. The summed E-state index contributed by atoms with van der Waals surface area (Å²) in [6.07, 6.45) is -9.64. The highest BCUT2D eigenvalue weighted by Crippen LogP contribution is 2.31. The number of amides is 1. The Kier molecular flexibility index (Phi) is 6.46. The molecule has 2 aromatic heterocycles. The van der Waals surface area contributed by atoms with E-state index in [1.54, 1.807) is 4.72 Å². The number of anilines is 3. The fourth-order valence-electron chi connectivity index (χ4n) is 2.80. The van der Waals surface area contributed by atoms with Crippen molar-refractivity contribution in [1.82, 2.24) is 15.2 Å². The van der Waals surface area contributed by atoms with Gasteiger partial charge in [0, 0.05) is 11.3 Å². The van der Waals surface area contributed by atoms with Gasteiger partial charge in [0.1, 0.15) is 28.6 Å². The van der Waals surface area contributed by atoms with E-state index in [2.05, 4.69) is 20.5 Å². The topological polar surface area (TPSA) is 143 Å². The number of nitrogens with one attached hydrogen (secondary N) is 3. The van der Waals surface area contributed by atoms with Crippen LogP contribution in [-0.4, -0.2) is 41.4 Å². The van der Waals surface area contributed by atoms with Crippen LogP contribution in [0.1, 0.15) is 16.1 Å². The molecular weight excluding hydrogens is 494 g/mol. The number of nitrogens with two attached hydrogens (primary N) is 1. The van der Waals surface area contributed by atoms with E-state index in [9.17, 15) is 39.6 Å². The molecule has 5 N–H and O–H groups in total. The Morgan fingerprint density at radius 1 is 1.03 bits per heavy atom. The number of nitrogens with zero attached hydrogens (tertiary/aromatic N) is 2. The van der Waals surface area contributed by atoms with Crippen LogP contribution in [0.25, 0.3) is 11.3 Å². The number of hydrogen-bond acceptors (Lipinski definition) is 6. The third-order valence-electron chi connectivity index (χ3n) is 4.09. The van der Waals surface area contributed by atoms with Crippen LogP contribution < -0.4 is 15.8 Å². The minimum absolute atomic E-state index is 0.0494. The van der Waals surface area contributed by atoms with Gasteiger partial charge < -0.3 is 11.1 Å². The third-order valence-corrected chi connectivity index (χ3v) is 5.34. The van der Waals surface area contributed by atoms with E-state index >= 15 is 0 Å². The SMILES string of the molecule is NC(=O)c1c(-c2ccc(NS(=O)(=O)CC(F)(F)F)cc2)n[nH]c1Nc1cccc(C(F)(F)F)n1. The quantitative estimate of drug-likeness (QED) is 0.359. The molecule has 0 aliphatic heterocycles. The van der Waals surface area contributed by atoms with Gasteiger partial charge in [-0.25, -0.2) is 13.4 Å². The monoisotopic (exact) mass is 508 g/mol. The molecule has 0 saturated carbocycles. The molecule has 182 valence electrons. The summed E-state index contributed by atoms with van der Waals surface area (Å²) >= 11 is 0. The van der Waals surface area contributed by atoms with Gasteiger partial charge in [0.05, 0.1) is 0 Å². The van der Waals surface area contributed by atoms with Crippen molar-refractivity contribution in [1.29, 1.82) is 0 Å². The number of sulfonamides is 1. The summed E-state index contributed by atoms with van der Waals surface area (Å²) in [6.45, 7) is 0. The second kappa shape index (κ2) is 8.85. The molecule has 2 heterocycles. The van der Waals surface area contributed by atoms with E-state index in [0.29, 0.717) is 0 Å². The van der Waals surface area contributed by atoms with Crippen LogP contribution in [0.15, 0.2) is 42.5 Å². The molecule has 3 aromatic rings. The number of benzene rings is 1. The first kappa shape index (κ1) is 24.8. The number of halogens is 6.